The molecule has 8 heavy (non-hydrogen) atoms. The van der Waals surface area contributed by atoms with Crippen molar-refractivity contribution in [3.05, 3.63) is 22.1 Å². The van der Waals surface area contributed by atoms with E-state index in [0.717, 1.165) is 0 Å². The van der Waals surface area contributed by atoms with Gasteiger partial charge in [-0.25, -0.2) is 5.53 Å². The van der Waals surface area contributed by atoms with Crippen LogP contribution in [-0.2, 0) is 0 Å². The van der Waals surface area contributed by atoms with Crippen molar-refractivity contribution in [3.8, 4) is 0 Å². The van der Waals surface area contributed by atoms with Crippen molar-refractivity contribution in [2.45, 2.75) is 0 Å². The summed E-state index contributed by atoms with van der Waals surface area (Å²) in [6.07, 6.45) is 2.94. The Hall–Kier alpha value is -0.390. The Morgan fingerprint density at radius 1 is 1.75 bits per heavy atom. The maximum atomic E-state index is 6.34. The molecule has 0 unspecified atom stereocenters. The molecule has 0 aromatic heterocycles. The second-order valence-corrected chi connectivity index (χ2v) is 1.77. The van der Waals surface area contributed by atoms with Crippen LogP contribution in [0.15, 0.2) is 27.2 Å². The molecule has 0 saturated carbocycles. The average molecular weight is 223 g/mol. The topological polar surface area (TPSA) is 62.2 Å². The quantitative estimate of drug-likeness (QED) is 0.418. The molecule has 0 saturated heterocycles. The Morgan fingerprint density at radius 2 is 2.38 bits per heavy atom. The third kappa shape index (κ3) is 3.79. The molecule has 4 heteroatoms. The summed E-state index contributed by atoms with van der Waals surface area (Å²) >= 11 is 2.04. The van der Waals surface area contributed by atoms with Crippen molar-refractivity contribution >= 4 is 22.6 Å². The Morgan fingerprint density at radius 3 is 2.75 bits per heavy atom. The van der Waals surface area contributed by atoms with Gasteiger partial charge in [0.1, 0.15) is 0 Å². The third-order valence-electron chi connectivity index (χ3n) is 0.469. The van der Waals surface area contributed by atoms with Crippen LogP contribution in [0.4, 0.5) is 0 Å². The van der Waals surface area contributed by atoms with Crippen LogP contribution in [0.2, 0.25) is 0 Å². The van der Waals surface area contributed by atoms with Crippen LogP contribution < -0.4 is 5.73 Å². The largest absolute Gasteiger partial charge is 0.397 e. The second-order valence-electron chi connectivity index (χ2n) is 1.05. The lowest BCUT2D eigenvalue weighted by atomic mass is 10.5. The van der Waals surface area contributed by atoms with Crippen molar-refractivity contribution in [2.24, 2.45) is 10.8 Å². The number of halogens is 1. The molecular weight excluding hydrogens is 217 g/mol. The maximum absolute atomic E-state index is 6.34. The van der Waals surface area contributed by atoms with Crippen molar-refractivity contribution in [3.63, 3.8) is 0 Å². The zero-order valence-corrected chi connectivity index (χ0v) is 6.29. The van der Waals surface area contributed by atoms with E-state index in [1.807, 2.05) is 22.6 Å². The van der Waals surface area contributed by atoms with Gasteiger partial charge in [-0.15, -0.1) is 0 Å². The number of nitrogens with zero attached hydrogens (tertiary/aromatic N) is 1. The highest BCUT2D eigenvalue weighted by Crippen LogP contribution is 1.90. The number of hydrogen-bond donors (Lipinski definition) is 2. The van der Waals surface area contributed by atoms with Crippen molar-refractivity contribution in [2.75, 3.05) is 0 Å². The monoisotopic (exact) mass is 223 g/mol. The molecule has 0 rings (SSSR count). The van der Waals surface area contributed by atoms with E-state index >= 15 is 0 Å². The van der Waals surface area contributed by atoms with Gasteiger partial charge in [-0.2, -0.15) is 5.11 Å². The lowest BCUT2D eigenvalue weighted by molar-refractivity contribution is 1.12. The van der Waals surface area contributed by atoms with Crippen LogP contribution in [0, 0.1) is 5.53 Å². The highest BCUT2D eigenvalue weighted by Gasteiger charge is 1.74. The van der Waals surface area contributed by atoms with Gasteiger partial charge in [-0.05, 0) is 10.2 Å². The summed E-state index contributed by atoms with van der Waals surface area (Å²) in [4.78, 5) is 0. The van der Waals surface area contributed by atoms with Crippen molar-refractivity contribution < 1.29 is 0 Å². The van der Waals surface area contributed by atoms with E-state index < -0.39 is 0 Å². The first-order chi connectivity index (χ1) is 3.81. The highest BCUT2D eigenvalue weighted by atomic mass is 127. The molecule has 0 heterocycles. The first-order valence-electron chi connectivity index (χ1n) is 1.90. The van der Waals surface area contributed by atoms with Gasteiger partial charge in [-0.3, -0.25) is 0 Å². The smallest absolute Gasteiger partial charge is 0.0718 e. The van der Waals surface area contributed by atoms with Crippen LogP contribution in [0.5, 0.6) is 0 Å². The van der Waals surface area contributed by atoms with E-state index in [2.05, 4.69) is 5.11 Å². The Balaban J connectivity index is 3.79. The maximum Gasteiger partial charge on any atom is 0.0718 e. The van der Waals surface area contributed by atoms with Crippen LogP contribution in [0.25, 0.3) is 0 Å². The molecule has 0 radical (unpaired) electrons. The summed E-state index contributed by atoms with van der Waals surface area (Å²) < 4.78 is 1.76. The van der Waals surface area contributed by atoms with Gasteiger partial charge in [0.25, 0.3) is 0 Å². The fourth-order valence-corrected chi connectivity index (χ4v) is 0.606. The summed E-state index contributed by atoms with van der Waals surface area (Å²) in [6.45, 7) is 0. The summed E-state index contributed by atoms with van der Waals surface area (Å²) in [5, 5.41) is 2.96. The van der Waals surface area contributed by atoms with Gasteiger partial charge < -0.3 is 5.73 Å². The zero-order valence-electron chi connectivity index (χ0n) is 4.13. The van der Waals surface area contributed by atoms with Gasteiger partial charge in [0.2, 0.25) is 0 Å². The van der Waals surface area contributed by atoms with Crippen molar-refractivity contribution in [1.82, 2.24) is 0 Å². The van der Waals surface area contributed by atoms with Crippen LogP contribution >= 0.6 is 22.6 Å². The molecule has 0 aliphatic heterocycles. The predicted molar refractivity (Wildman–Crippen MR) is 40.6 cm³/mol. The third-order valence-corrected chi connectivity index (χ3v) is 0.829. The van der Waals surface area contributed by atoms with E-state index in [-0.39, 0.29) is 0 Å². The first kappa shape index (κ1) is 7.61. The predicted octanol–water partition coefficient (Wildman–Crippen LogP) is 1.77. The lowest BCUT2D eigenvalue weighted by Gasteiger charge is -1.82. The number of hydrogen-bond acceptors (Lipinski definition) is 3. The van der Waals surface area contributed by atoms with Crippen LogP contribution in [0.3, 0.4) is 0 Å². The minimum atomic E-state index is 0.495. The molecule has 3 nitrogen and oxygen atoms in total. The second kappa shape index (κ2) is 4.76. The molecule has 0 aromatic carbocycles. The summed E-state index contributed by atoms with van der Waals surface area (Å²) in [6, 6.07) is 0. The standard InChI is InChI=1S/C4H6IN3/c5-2-1-4(6)3-8-7/h1-3,7H,6H2/b2-1-,4-3+,8-7?. The fraction of sp³-hybridized carbons (Fsp3) is 0. The average Bonchev–Trinajstić information content (AvgIpc) is 1.68. The SMILES string of the molecule is N=N/C=C(N)\C=C/I. The molecule has 44 valence electrons. The van der Waals surface area contributed by atoms with Gasteiger partial charge >= 0.3 is 0 Å². The minimum Gasteiger partial charge on any atom is -0.397 e. The highest BCUT2D eigenvalue weighted by molar-refractivity contribution is 14.1. The normalized spacial score (nSPS) is 12.4. The van der Waals surface area contributed by atoms with Crippen molar-refractivity contribution in [1.29, 1.82) is 5.53 Å². The molecule has 0 bridgehead atoms. The minimum absolute atomic E-state index is 0.495. The number of nitrogens with one attached hydrogen (secondary N) is 1. The van der Waals surface area contributed by atoms with Gasteiger partial charge in [-0.1, -0.05) is 22.6 Å². The molecular formula is C4H6IN3. The first-order valence-corrected chi connectivity index (χ1v) is 3.15. The molecule has 0 aliphatic rings. The number of nitrogens with two attached hydrogens (primary N) is 1. The lowest BCUT2D eigenvalue weighted by Crippen LogP contribution is -1.89. The Bertz CT molecular complexity index is 127. The van der Waals surface area contributed by atoms with Crippen LogP contribution in [-0.4, -0.2) is 0 Å². The molecule has 0 atom stereocenters. The Kier molecular flexibility index (Phi) is 4.53. The Labute approximate surface area is 61.3 Å². The zero-order chi connectivity index (χ0) is 6.41. The van der Waals surface area contributed by atoms with Crippen LogP contribution in [0.1, 0.15) is 0 Å². The van der Waals surface area contributed by atoms with Gasteiger partial charge in [0, 0.05) is 0 Å². The molecule has 3 N–H and O–H groups in total. The van der Waals surface area contributed by atoms with E-state index in [1.54, 1.807) is 10.2 Å². The van der Waals surface area contributed by atoms with E-state index in [9.17, 15) is 0 Å². The summed E-state index contributed by atoms with van der Waals surface area (Å²) in [5.41, 5.74) is 12.1. The number of allylic oxidation sites excluding steroid dienone is 1. The molecule has 0 aromatic rings. The van der Waals surface area contributed by atoms with Gasteiger partial charge in [0.05, 0.1) is 11.9 Å². The van der Waals surface area contributed by atoms with Gasteiger partial charge in [0.15, 0.2) is 0 Å². The molecule has 0 amide bonds. The van der Waals surface area contributed by atoms with E-state index in [1.165, 1.54) is 6.20 Å². The molecule has 0 fully saturated rings. The summed E-state index contributed by atoms with van der Waals surface area (Å²) in [7, 11) is 0. The van der Waals surface area contributed by atoms with E-state index in [0.29, 0.717) is 5.70 Å². The molecule has 0 spiro atoms. The fourth-order valence-electron chi connectivity index (χ4n) is 0.190. The number of rotatable bonds is 2. The molecule has 0 aliphatic carbocycles. The van der Waals surface area contributed by atoms with E-state index in [4.69, 9.17) is 11.3 Å². The summed E-state index contributed by atoms with van der Waals surface area (Å²) in [5.74, 6) is 0.